The molecule has 1 aromatic heterocycles. The van der Waals surface area contributed by atoms with Gasteiger partial charge >= 0.3 is 0 Å². The number of hydrogen-bond acceptors (Lipinski definition) is 2. The summed E-state index contributed by atoms with van der Waals surface area (Å²) in [6.45, 7) is 7.33. The number of alkyl halides is 1. The minimum atomic E-state index is -1.10. The number of halogens is 1. The van der Waals surface area contributed by atoms with E-state index in [-0.39, 0.29) is 0 Å². The summed E-state index contributed by atoms with van der Waals surface area (Å²) in [6.07, 6.45) is 16.6. The Labute approximate surface area is 174 Å². The first-order chi connectivity index (χ1) is 13.9. The van der Waals surface area contributed by atoms with Crippen molar-refractivity contribution in [3.8, 4) is 0 Å². The lowest BCUT2D eigenvalue weighted by Crippen LogP contribution is -2.48. The fraction of sp³-hybridized carbons (Fsp3) is 0.720. The highest BCUT2D eigenvalue weighted by Crippen LogP contribution is 2.64. The second kappa shape index (κ2) is 7.08. The third-order valence-corrected chi connectivity index (χ3v) is 9.28. The van der Waals surface area contributed by atoms with Gasteiger partial charge in [-0.2, -0.15) is 0 Å². The van der Waals surface area contributed by atoms with E-state index in [1.165, 1.54) is 36.8 Å². The zero-order valence-corrected chi connectivity index (χ0v) is 17.7. The summed E-state index contributed by atoms with van der Waals surface area (Å²) < 4.78 is 15.5. The maximum atomic E-state index is 13.3. The number of allylic oxidation sites excluding steroid dienone is 2. The molecular weight excluding hydrogens is 363 g/mol. The number of hydrogen-bond donors (Lipinski definition) is 1. The first-order valence-electron chi connectivity index (χ1n) is 11.5. The highest BCUT2D eigenvalue weighted by molar-refractivity contribution is 5.23. The Kier molecular flexibility index (Phi) is 4.77. The van der Waals surface area contributed by atoms with Gasteiger partial charge in [-0.25, -0.2) is 9.37 Å². The van der Waals surface area contributed by atoms with Gasteiger partial charge in [0.25, 0.3) is 0 Å². The van der Waals surface area contributed by atoms with Gasteiger partial charge in [0.2, 0.25) is 0 Å². The quantitative estimate of drug-likeness (QED) is 0.696. The molecule has 1 heterocycles. The van der Waals surface area contributed by atoms with E-state index in [9.17, 15) is 9.50 Å². The molecule has 0 saturated heterocycles. The minimum Gasteiger partial charge on any atom is -0.387 e. The number of fused-ring (bicyclic) bond motifs is 5. The number of aromatic nitrogens is 2. The molecule has 0 amide bonds. The molecule has 4 aliphatic rings. The topological polar surface area (TPSA) is 38.0 Å². The summed E-state index contributed by atoms with van der Waals surface area (Å²) in [5.74, 6) is 3.44. The van der Waals surface area contributed by atoms with E-state index in [4.69, 9.17) is 0 Å². The van der Waals surface area contributed by atoms with Crippen LogP contribution in [0.25, 0.3) is 0 Å². The van der Waals surface area contributed by atoms with Crippen molar-refractivity contribution < 1.29 is 9.50 Å². The molecule has 3 nitrogen and oxygen atoms in total. The van der Waals surface area contributed by atoms with Crippen molar-refractivity contribution in [2.75, 3.05) is 6.67 Å². The smallest absolute Gasteiger partial charge is 0.118 e. The molecule has 0 bridgehead atoms. The Hall–Kier alpha value is -1.42. The van der Waals surface area contributed by atoms with Gasteiger partial charge in [0, 0.05) is 18.9 Å². The van der Waals surface area contributed by atoms with Gasteiger partial charge < -0.3 is 9.67 Å². The normalized spacial score (nSPS) is 43.8. The predicted octanol–water partition coefficient (Wildman–Crippen LogP) is 5.33. The number of aliphatic hydroxyl groups is 1. The van der Waals surface area contributed by atoms with E-state index in [0.29, 0.717) is 30.1 Å². The van der Waals surface area contributed by atoms with Crippen LogP contribution in [0.1, 0.15) is 58.3 Å². The van der Waals surface area contributed by atoms with Gasteiger partial charge in [-0.05, 0) is 86.4 Å². The van der Waals surface area contributed by atoms with E-state index in [1.54, 1.807) is 0 Å². The van der Waals surface area contributed by atoms with Gasteiger partial charge in [0.15, 0.2) is 0 Å². The van der Waals surface area contributed by atoms with Gasteiger partial charge in [-0.3, -0.25) is 0 Å². The van der Waals surface area contributed by atoms with Crippen LogP contribution in [-0.4, -0.2) is 26.9 Å². The average Bonchev–Trinajstić information content (AvgIpc) is 3.34. The highest BCUT2D eigenvalue weighted by Gasteiger charge is 2.56. The van der Waals surface area contributed by atoms with Crippen molar-refractivity contribution in [1.29, 1.82) is 0 Å². The molecule has 0 aromatic carbocycles. The average molecular weight is 399 g/mol. The Morgan fingerprint density at radius 3 is 2.90 bits per heavy atom. The van der Waals surface area contributed by atoms with Crippen LogP contribution < -0.4 is 0 Å². The van der Waals surface area contributed by atoms with Crippen molar-refractivity contribution >= 4 is 0 Å². The van der Waals surface area contributed by atoms with Gasteiger partial charge in [-0.1, -0.05) is 30.7 Å². The summed E-state index contributed by atoms with van der Waals surface area (Å²) in [4.78, 5) is 4.18. The molecule has 0 unspecified atom stereocenters. The highest BCUT2D eigenvalue weighted by atomic mass is 19.1. The third-order valence-electron chi connectivity index (χ3n) is 9.28. The van der Waals surface area contributed by atoms with E-state index >= 15 is 0 Å². The molecule has 4 heteroatoms. The van der Waals surface area contributed by atoms with E-state index in [1.807, 2.05) is 18.7 Å². The molecule has 4 aliphatic carbocycles. The van der Waals surface area contributed by atoms with Crippen LogP contribution in [0.3, 0.4) is 0 Å². The number of rotatable bonds is 4. The Morgan fingerprint density at radius 2 is 2.14 bits per heavy atom. The van der Waals surface area contributed by atoms with E-state index < -0.39 is 12.3 Å². The maximum Gasteiger partial charge on any atom is 0.118 e. The van der Waals surface area contributed by atoms with E-state index in [0.717, 1.165) is 37.1 Å². The van der Waals surface area contributed by atoms with Gasteiger partial charge in [0.05, 0.1) is 11.9 Å². The van der Waals surface area contributed by atoms with Crippen LogP contribution in [0.5, 0.6) is 0 Å². The molecule has 5 rings (SSSR count). The molecule has 0 radical (unpaired) electrons. The first-order valence-corrected chi connectivity index (χ1v) is 11.5. The molecular formula is C25H35FN2O. The molecule has 0 aliphatic heterocycles. The third kappa shape index (κ3) is 3.13. The fourth-order valence-electron chi connectivity index (χ4n) is 7.87. The van der Waals surface area contributed by atoms with Crippen LogP contribution in [0, 0.1) is 35.0 Å². The summed E-state index contributed by atoms with van der Waals surface area (Å²) >= 11 is 0. The Morgan fingerprint density at radius 1 is 1.28 bits per heavy atom. The maximum absolute atomic E-state index is 13.3. The Balaban J connectivity index is 1.34. The van der Waals surface area contributed by atoms with Crippen LogP contribution in [-0.2, 0) is 6.54 Å². The molecule has 1 N–H and O–H groups in total. The van der Waals surface area contributed by atoms with Crippen molar-refractivity contribution in [3.05, 3.63) is 42.5 Å². The summed E-state index contributed by atoms with van der Waals surface area (Å²) in [5, 5.41) is 10.5. The van der Waals surface area contributed by atoms with Crippen molar-refractivity contribution in [1.82, 2.24) is 9.55 Å². The molecule has 3 saturated carbocycles. The molecule has 1 aromatic rings. The second-order valence-corrected chi connectivity index (χ2v) is 10.7. The number of nitrogens with zero attached hydrogens (tertiary/aromatic N) is 2. The molecule has 3 fully saturated rings. The standard InChI is InChI=1S/C25H35FN2O/c1-17(14-28-12-11-27-16-28)22-5-6-23-21-4-3-18-13-25(29,15-26)10-8-19(18)20(21)7-9-24(22,23)2/h3,11-12,16,19-23,29H,1,4-10,13-15H2,2H3/t19-,20+,21+,22+,23-,24+,25-/m0/s1. The zero-order chi connectivity index (χ0) is 20.2. The van der Waals surface area contributed by atoms with Crippen molar-refractivity contribution in [2.24, 2.45) is 35.0 Å². The molecule has 29 heavy (non-hydrogen) atoms. The molecule has 0 spiro atoms. The Bertz CT molecular complexity index is 802. The van der Waals surface area contributed by atoms with Crippen molar-refractivity contribution in [3.63, 3.8) is 0 Å². The van der Waals surface area contributed by atoms with Crippen LogP contribution in [0.4, 0.5) is 4.39 Å². The SMILES string of the molecule is C=C(Cn1ccnc1)[C@H]1CC[C@H]2[C@@H]3CC=C4C[C@](O)(CF)CC[C@@H]4[C@H]3CC[C@]12C. The first kappa shape index (κ1) is 19.5. The van der Waals surface area contributed by atoms with E-state index in [2.05, 4.69) is 29.1 Å². The number of imidazole rings is 1. The molecule has 7 atom stereocenters. The lowest BCUT2D eigenvalue weighted by atomic mass is 9.51. The van der Waals surface area contributed by atoms with Gasteiger partial charge in [0.1, 0.15) is 6.67 Å². The summed E-state index contributed by atoms with van der Waals surface area (Å²) in [5.41, 5.74) is 1.99. The summed E-state index contributed by atoms with van der Waals surface area (Å²) in [7, 11) is 0. The van der Waals surface area contributed by atoms with Crippen LogP contribution in [0.2, 0.25) is 0 Å². The zero-order valence-electron chi connectivity index (χ0n) is 17.7. The lowest BCUT2D eigenvalue weighted by molar-refractivity contribution is -0.0443. The summed E-state index contributed by atoms with van der Waals surface area (Å²) in [6, 6.07) is 0. The largest absolute Gasteiger partial charge is 0.387 e. The van der Waals surface area contributed by atoms with Crippen molar-refractivity contribution in [2.45, 2.75) is 70.4 Å². The van der Waals surface area contributed by atoms with Crippen LogP contribution >= 0.6 is 0 Å². The van der Waals surface area contributed by atoms with Crippen LogP contribution in [0.15, 0.2) is 42.5 Å². The molecule has 158 valence electrons. The lowest BCUT2D eigenvalue weighted by Gasteiger charge is -2.54. The fourth-order valence-corrected chi connectivity index (χ4v) is 7.87. The second-order valence-electron chi connectivity index (χ2n) is 10.7. The predicted molar refractivity (Wildman–Crippen MR) is 113 cm³/mol. The van der Waals surface area contributed by atoms with Gasteiger partial charge in [-0.15, -0.1) is 0 Å². The monoisotopic (exact) mass is 398 g/mol. The minimum absolute atomic E-state index is 0.360.